The van der Waals surface area contributed by atoms with Gasteiger partial charge in [0.05, 0.1) is 20.2 Å². The lowest BCUT2D eigenvalue weighted by molar-refractivity contribution is 0.214. The van der Waals surface area contributed by atoms with Gasteiger partial charge in [0.15, 0.2) is 17.7 Å². The Bertz CT molecular complexity index is 604. The Kier molecular flexibility index (Phi) is 4.32. The van der Waals surface area contributed by atoms with Gasteiger partial charge in [-0.3, -0.25) is 5.14 Å². The molecule has 0 spiro atoms. The van der Waals surface area contributed by atoms with E-state index < -0.39 is 27.7 Å². The molecule has 0 aromatic heterocycles. The third-order valence-electron chi connectivity index (χ3n) is 3.09. The minimum absolute atomic E-state index is 0.00173. The van der Waals surface area contributed by atoms with Crippen molar-refractivity contribution in [2.75, 3.05) is 6.61 Å². The van der Waals surface area contributed by atoms with Crippen LogP contribution in [0.3, 0.4) is 0 Å². The van der Waals surface area contributed by atoms with Crippen molar-refractivity contribution in [3.63, 3.8) is 0 Å². The molecule has 0 saturated carbocycles. The van der Waals surface area contributed by atoms with Gasteiger partial charge in [0.1, 0.15) is 6.61 Å². The van der Waals surface area contributed by atoms with Crippen LogP contribution in [0.15, 0.2) is 22.7 Å². The minimum Gasteiger partial charge on any atom is -0.486 e. The van der Waals surface area contributed by atoms with E-state index in [1.54, 1.807) is 19.9 Å². The van der Waals surface area contributed by atoms with Gasteiger partial charge in [0.2, 0.25) is 0 Å². The molecule has 0 fully saturated rings. The molecule has 0 saturated heterocycles. The number of hydrogen-bond donors (Lipinski definition) is 1. The Balaban J connectivity index is 2.59. The molecule has 0 radical (unpaired) electrons. The van der Waals surface area contributed by atoms with Gasteiger partial charge in [-0.25, -0.2) is 13.0 Å². The number of halogens is 3. The highest BCUT2D eigenvalue weighted by molar-refractivity contribution is 9.10. The van der Waals surface area contributed by atoms with E-state index in [4.69, 9.17) is 9.88 Å². The van der Waals surface area contributed by atoms with Crippen molar-refractivity contribution in [3.05, 3.63) is 34.1 Å². The molecule has 3 nitrogen and oxygen atoms in total. The van der Waals surface area contributed by atoms with Crippen LogP contribution in [0.5, 0.6) is 5.75 Å². The maximum atomic E-state index is 14.1. The van der Waals surface area contributed by atoms with Crippen LogP contribution in [0, 0.1) is 5.82 Å². The highest BCUT2D eigenvalue weighted by Gasteiger charge is 2.31. The topological polar surface area (TPSA) is 52.3 Å². The van der Waals surface area contributed by atoms with Crippen LogP contribution in [0.1, 0.15) is 19.4 Å². The molecule has 7 heteroatoms. The average molecular weight is 366 g/mol. The molecule has 110 valence electrons. The van der Waals surface area contributed by atoms with Crippen molar-refractivity contribution in [1.29, 1.82) is 0 Å². The second kappa shape index (κ2) is 5.54. The highest BCUT2D eigenvalue weighted by Crippen LogP contribution is 2.40. The van der Waals surface area contributed by atoms with Gasteiger partial charge < -0.3 is 4.74 Å². The first-order chi connectivity index (χ1) is 9.24. The molecule has 20 heavy (non-hydrogen) atoms. The first-order valence-corrected chi connectivity index (χ1v) is 7.89. The Morgan fingerprint density at radius 2 is 2.20 bits per heavy atom. The van der Waals surface area contributed by atoms with E-state index in [1.807, 2.05) is 0 Å². The number of rotatable bonds is 2. The molecule has 1 aliphatic rings. The van der Waals surface area contributed by atoms with Gasteiger partial charge in [-0.05, 0) is 47.5 Å². The van der Waals surface area contributed by atoms with Gasteiger partial charge in [-0.2, -0.15) is 0 Å². The number of benzene rings is 1. The second-order valence-corrected chi connectivity index (χ2v) is 7.52. The molecular formula is C13H14BrF2NO2S. The monoisotopic (exact) mass is 365 g/mol. The number of nitrogens with two attached hydrogens (primary N) is 1. The third kappa shape index (κ3) is 2.80. The zero-order valence-corrected chi connectivity index (χ0v) is 13.4. The molecule has 0 bridgehead atoms. The van der Waals surface area contributed by atoms with Crippen LogP contribution in [0.4, 0.5) is 8.78 Å². The van der Waals surface area contributed by atoms with Crippen molar-refractivity contribution in [2.45, 2.75) is 24.8 Å². The lowest BCUT2D eigenvalue weighted by Crippen LogP contribution is -2.32. The smallest absolute Gasteiger partial charge is 0.179 e. The Hall–Kier alpha value is -0.790. The van der Waals surface area contributed by atoms with E-state index in [1.165, 1.54) is 12.1 Å². The summed E-state index contributed by atoms with van der Waals surface area (Å²) < 4.78 is 44.0. The summed E-state index contributed by atoms with van der Waals surface area (Å²) in [6, 6.07) is 3.05. The van der Waals surface area contributed by atoms with E-state index in [2.05, 4.69) is 15.9 Å². The quantitative estimate of drug-likeness (QED) is 0.875. The molecule has 1 heterocycles. The van der Waals surface area contributed by atoms with Crippen molar-refractivity contribution >= 4 is 32.5 Å². The Morgan fingerprint density at radius 3 is 2.80 bits per heavy atom. The fourth-order valence-electron chi connectivity index (χ4n) is 1.92. The Labute approximate surface area is 126 Å². The summed E-state index contributed by atoms with van der Waals surface area (Å²) in [4.78, 5) is 0. The molecule has 1 aromatic carbocycles. The van der Waals surface area contributed by atoms with Crippen molar-refractivity contribution in [2.24, 2.45) is 5.14 Å². The minimum atomic E-state index is -1.67. The maximum Gasteiger partial charge on any atom is 0.179 e. The van der Waals surface area contributed by atoms with Gasteiger partial charge in [-0.1, -0.05) is 6.08 Å². The normalized spacial score (nSPS) is 22.3. The highest BCUT2D eigenvalue weighted by atomic mass is 79.9. The molecule has 0 amide bonds. The summed E-state index contributed by atoms with van der Waals surface area (Å²) in [5, 5.41) is 5.40. The van der Waals surface area contributed by atoms with Gasteiger partial charge in [-0.15, -0.1) is 0 Å². The number of hydrogen-bond acceptors (Lipinski definition) is 2. The van der Waals surface area contributed by atoms with E-state index in [0.29, 0.717) is 5.56 Å². The van der Waals surface area contributed by atoms with Crippen molar-refractivity contribution in [3.8, 4) is 5.75 Å². The van der Waals surface area contributed by atoms with Crippen LogP contribution in [-0.2, 0) is 11.0 Å². The lowest BCUT2D eigenvalue weighted by atomic mass is 9.94. The number of ether oxygens (including phenoxy) is 1. The average Bonchev–Trinajstić information content (AvgIpc) is 2.37. The second-order valence-electron chi connectivity index (χ2n) is 5.02. The van der Waals surface area contributed by atoms with Gasteiger partial charge in [0, 0.05) is 5.56 Å². The molecule has 0 aliphatic carbocycles. The fraction of sp³-hybridized carbons (Fsp3) is 0.385. The van der Waals surface area contributed by atoms with Crippen molar-refractivity contribution < 1.29 is 17.7 Å². The van der Waals surface area contributed by atoms with Crippen LogP contribution in [0.25, 0.3) is 5.57 Å². The summed E-state index contributed by atoms with van der Waals surface area (Å²) in [5.74, 6) is -0.579. The summed E-state index contributed by atoms with van der Waals surface area (Å²) >= 11 is 3.06. The molecule has 1 aliphatic heterocycles. The summed E-state index contributed by atoms with van der Waals surface area (Å²) in [6.45, 7) is 2.99. The van der Waals surface area contributed by atoms with Crippen molar-refractivity contribution in [1.82, 2.24) is 0 Å². The molecular weight excluding hydrogens is 352 g/mol. The maximum absolute atomic E-state index is 14.1. The molecule has 2 atom stereocenters. The fourth-order valence-corrected chi connectivity index (χ4v) is 2.47. The zero-order chi connectivity index (χ0) is 15.1. The van der Waals surface area contributed by atoms with Gasteiger partial charge in [0.25, 0.3) is 0 Å². The molecule has 1 unspecified atom stereocenters. The predicted molar refractivity (Wildman–Crippen MR) is 78.9 cm³/mol. The molecule has 1 aromatic rings. The number of alkyl halides is 1. The lowest BCUT2D eigenvalue weighted by Gasteiger charge is -2.27. The van der Waals surface area contributed by atoms with Crippen LogP contribution in [-0.4, -0.2) is 21.7 Å². The summed E-state index contributed by atoms with van der Waals surface area (Å²) in [7, 11) is -1.67. The van der Waals surface area contributed by atoms with Crippen LogP contribution in [0.2, 0.25) is 0 Å². The van der Waals surface area contributed by atoms with Crippen LogP contribution >= 0.6 is 15.9 Å². The standard InChI is InChI=1S/C13H14BrF2NO2S/c1-13(2,20(17)18)5-8-7-3-4-9(14)11(16)12(7)19-6-10(8)15/h3-5,10H,6,17H2,1-2H3/t10-,20?/m0/s1. The third-order valence-corrected chi connectivity index (χ3v) is 4.86. The van der Waals surface area contributed by atoms with E-state index in [9.17, 15) is 13.0 Å². The van der Waals surface area contributed by atoms with Crippen LogP contribution < -0.4 is 9.88 Å². The van der Waals surface area contributed by atoms with E-state index in [0.717, 1.165) is 0 Å². The summed E-state index contributed by atoms with van der Waals surface area (Å²) in [6.07, 6.45) is 0.0774. The predicted octanol–water partition coefficient (Wildman–Crippen LogP) is 3.10. The largest absolute Gasteiger partial charge is 0.486 e. The van der Waals surface area contributed by atoms with E-state index in [-0.39, 0.29) is 22.4 Å². The SMILES string of the molecule is CC(C)(C=C1c2ccc(Br)c(F)c2OC[C@@H]1F)S(N)=O. The Morgan fingerprint density at radius 1 is 1.55 bits per heavy atom. The number of fused-ring (bicyclic) bond motifs is 1. The summed E-state index contributed by atoms with van der Waals surface area (Å²) in [5.41, 5.74) is 0.574. The first kappa shape index (κ1) is 15.6. The molecule has 2 rings (SSSR count). The van der Waals surface area contributed by atoms with Gasteiger partial charge >= 0.3 is 0 Å². The zero-order valence-electron chi connectivity index (χ0n) is 11.0. The first-order valence-electron chi connectivity index (χ1n) is 5.88. The molecule has 2 N–H and O–H groups in total. The van der Waals surface area contributed by atoms with E-state index >= 15 is 0 Å².